The molecule has 1 aromatic carbocycles. The predicted octanol–water partition coefficient (Wildman–Crippen LogP) is 3.54. The SMILES string of the molecule is CC(Sc1ccccn1)C(=O)N1CCCc2ccccc21. The first kappa shape index (κ1) is 14.1. The third-order valence-corrected chi connectivity index (χ3v) is 4.70. The molecule has 1 amide bonds. The van der Waals surface area contributed by atoms with Crippen molar-refractivity contribution >= 4 is 23.4 Å². The number of aryl methyl sites for hydroxylation is 1. The Morgan fingerprint density at radius 1 is 1.24 bits per heavy atom. The van der Waals surface area contributed by atoms with Crippen molar-refractivity contribution in [3.05, 3.63) is 54.2 Å². The summed E-state index contributed by atoms with van der Waals surface area (Å²) in [6, 6.07) is 14.0. The van der Waals surface area contributed by atoms with E-state index in [1.165, 1.54) is 17.3 Å². The van der Waals surface area contributed by atoms with E-state index in [9.17, 15) is 4.79 Å². The van der Waals surface area contributed by atoms with Crippen molar-refractivity contribution in [3.63, 3.8) is 0 Å². The van der Waals surface area contributed by atoms with E-state index < -0.39 is 0 Å². The number of hydrogen-bond donors (Lipinski definition) is 0. The van der Waals surface area contributed by atoms with Gasteiger partial charge in [0.2, 0.25) is 5.91 Å². The average molecular weight is 298 g/mol. The zero-order chi connectivity index (χ0) is 14.7. The van der Waals surface area contributed by atoms with Gasteiger partial charge >= 0.3 is 0 Å². The van der Waals surface area contributed by atoms with Crippen LogP contribution in [0.2, 0.25) is 0 Å². The fourth-order valence-corrected chi connectivity index (χ4v) is 3.50. The summed E-state index contributed by atoms with van der Waals surface area (Å²) in [7, 11) is 0. The lowest BCUT2D eigenvalue weighted by Gasteiger charge is -2.31. The zero-order valence-electron chi connectivity index (χ0n) is 12.0. The highest BCUT2D eigenvalue weighted by Crippen LogP contribution is 2.30. The Labute approximate surface area is 129 Å². The van der Waals surface area contributed by atoms with Crippen molar-refractivity contribution in [2.45, 2.75) is 30.0 Å². The molecule has 2 heterocycles. The standard InChI is InChI=1S/C17H18N2OS/c1-13(21-16-10-4-5-11-18-16)17(20)19-12-6-8-14-7-2-3-9-15(14)19/h2-5,7,9-11,13H,6,8,12H2,1H3. The maximum atomic E-state index is 12.7. The van der Waals surface area contributed by atoms with Crippen LogP contribution in [0.15, 0.2) is 53.7 Å². The second kappa shape index (κ2) is 6.31. The van der Waals surface area contributed by atoms with Gasteiger partial charge in [-0.25, -0.2) is 4.98 Å². The summed E-state index contributed by atoms with van der Waals surface area (Å²) >= 11 is 1.52. The Morgan fingerprint density at radius 2 is 2.05 bits per heavy atom. The molecule has 4 heteroatoms. The molecule has 3 rings (SSSR count). The number of amides is 1. The molecule has 0 saturated heterocycles. The van der Waals surface area contributed by atoms with Gasteiger partial charge in [-0.15, -0.1) is 0 Å². The number of fused-ring (bicyclic) bond motifs is 1. The number of nitrogens with zero attached hydrogens (tertiary/aromatic N) is 2. The molecule has 0 aliphatic carbocycles. The van der Waals surface area contributed by atoms with Crippen LogP contribution in [0, 0.1) is 0 Å². The quantitative estimate of drug-likeness (QED) is 0.813. The number of pyridine rings is 1. The zero-order valence-corrected chi connectivity index (χ0v) is 12.8. The van der Waals surface area contributed by atoms with Gasteiger partial charge < -0.3 is 4.90 Å². The van der Waals surface area contributed by atoms with Crippen molar-refractivity contribution in [2.75, 3.05) is 11.4 Å². The van der Waals surface area contributed by atoms with Crippen LogP contribution in [-0.4, -0.2) is 22.7 Å². The molecule has 2 aromatic rings. The summed E-state index contributed by atoms with van der Waals surface area (Å²) in [5.41, 5.74) is 2.34. The van der Waals surface area contributed by atoms with Crippen LogP contribution in [-0.2, 0) is 11.2 Å². The first-order valence-electron chi connectivity index (χ1n) is 7.22. The second-order valence-electron chi connectivity index (χ2n) is 5.15. The van der Waals surface area contributed by atoms with Crippen LogP contribution in [0.25, 0.3) is 0 Å². The van der Waals surface area contributed by atoms with Gasteiger partial charge in [0.25, 0.3) is 0 Å². The Balaban J connectivity index is 1.77. The highest BCUT2D eigenvalue weighted by atomic mass is 32.2. The summed E-state index contributed by atoms with van der Waals surface area (Å²) in [5, 5.41) is 0.759. The van der Waals surface area contributed by atoms with E-state index in [1.807, 2.05) is 48.2 Å². The number of para-hydroxylation sites is 1. The second-order valence-corrected chi connectivity index (χ2v) is 6.51. The summed E-state index contributed by atoms with van der Waals surface area (Å²) in [6.45, 7) is 2.77. The smallest absolute Gasteiger partial charge is 0.240 e. The molecule has 3 nitrogen and oxygen atoms in total. The van der Waals surface area contributed by atoms with Gasteiger partial charge in [-0.2, -0.15) is 0 Å². The highest BCUT2D eigenvalue weighted by Gasteiger charge is 2.26. The number of benzene rings is 1. The maximum absolute atomic E-state index is 12.7. The van der Waals surface area contributed by atoms with Gasteiger partial charge in [-0.1, -0.05) is 36.0 Å². The predicted molar refractivity (Wildman–Crippen MR) is 86.7 cm³/mol. The van der Waals surface area contributed by atoms with E-state index >= 15 is 0 Å². The van der Waals surface area contributed by atoms with E-state index in [2.05, 4.69) is 11.1 Å². The molecule has 1 unspecified atom stereocenters. The van der Waals surface area contributed by atoms with Crippen LogP contribution in [0.4, 0.5) is 5.69 Å². The lowest BCUT2D eigenvalue weighted by molar-refractivity contribution is -0.117. The number of carbonyl (C=O) groups excluding carboxylic acids is 1. The molecule has 1 atom stereocenters. The van der Waals surface area contributed by atoms with Crippen LogP contribution < -0.4 is 4.90 Å². The normalized spacial score (nSPS) is 15.4. The van der Waals surface area contributed by atoms with Crippen LogP contribution >= 0.6 is 11.8 Å². The van der Waals surface area contributed by atoms with Gasteiger partial charge in [-0.3, -0.25) is 4.79 Å². The number of anilines is 1. The topological polar surface area (TPSA) is 33.2 Å². The summed E-state index contributed by atoms with van der Waals surface area (Å²) in [4.78, 5) is 19.0. The molecule has 0 bridgehead atoms. The van der Waals surface area contributed by atoms with Crippen LogP contribution in [0.1, 0.15) is 18.9 Å². The minimum Gasteiger partial charge on any atom is -0.311 e. The van der Waals surface area contributed by atoms with E-state index in [-0.39, 0.29) is 11.2 Å². The monoisotopic (exact) mass is 298 g/mol. The van der Waals surface area contributed by atoms with Crippen molar-refractivity contribution in [1.29, 1.82) is 0 Å². The molecular formula is C17H18N2OS. The van der Waals surface area contributed by atoms with E-state index in [0.717, 1.165) is 30.1 Å². The third kappa shape index (κ3) is 3.10. The Bertz CT molecular complexity index is 630. The minimum absolute atomic E-state index is 0.133. The summed E-state index contributed by atoms with van der Waals surface area (Å²) in [5.74, 6) is 0.165. The lowest BCUT2D eigenvalue weighted by Crippen LogP contribution is -2.40. The Kier molecular flexibility index (Phi) is 4.25. The molecule has 1 aromatic heterocycles. The van der Waals surface area contributed by atoms with E-state index in [0.29, 0.717) is 0 Å². The van der Waals surface area contributed by atoms with Crippen LogP contribution in [0.5, 0.6) is 0 Å². The maximum Gasteiger partial charge on any atom is 0.240 e. The van der Waals surface area contributed by atoms with Crippen molar-refractivity contribution in [1.82, 2.24) is 4.98 Å². The molecule has 0 spiro atoms. The molecule has 0 fully saturated rings. The fourth-order valence-electron chi connectivity index (χ4n) is 2.63. The average Bonchev–Trinajstić information content (AvgIpc) is 2.54. The third-order valence-electron chi connectivity index (χ3n) is 3.66. The van der Waals surface area contributed by atoms with Crippen molar-refractivity contribution < 1.29 is 4.79 Å². The highest BCUT2D eigenvalue weighted by molar-refractivity contribution is 8.00. The molecule has 21 heavy (non-hydrogen) atoms. The number of aromatic nitrogens is 1. The molecule has 108 valence electrons. The number of thioether (sulfide) groups is 1. The van der Waals surface area contributed by atoms with E-state index in [4.69, 9.17) is 0 Å². The molecule has 0 saturated carbocycles. The Hall–Kier alpha value is -1.81. The molecule has 0 radical (unpaired) electrons. The first-order chi connectivity index (χ1) is 10.3. The number of hydrogen-bond acceptors (Lipinski definition) is 3. The first-order valence-corrected chi connectivity index (χ1v) is 8.10. The van der Waals surface area contributed by atoms with E-state index in [1.54, 1.807) is 6.20 Å². The van der Waals surface area contributed by atoms with Gasteiger partial charge in [0.15, 0.2) is 0 Å². The van der Waals surface area contributed by atoms with Crippen LogP contribution in [0.3, 0.4) is 0 Å². The van der Waals surface area contributed by atoms with Gasteiger partial charge in [0, 0.05) is 18.4 Å². The summed E-state index contributed by atoms with van der Waals surface area (Å²) < 4.78 is 0. The molecule has 0 N–H and O–H groups in total. The minimum atomic E-state index is -0.133. The largest absolute Gasteiger partial charge is 0.311 e. The van der Waals surface area contributed by atoms with Crippen molar-refractivity contribution in [3.8, 4) is 0 Å². The van der Waals surface area contributed by atoms with Gasteiger partial charge in [-0.05, 0) is 43.5 Å². The number of rotatable bonds is 3. The fraction of sp³-hybridized carbons (Fsp3) is 0.294. The molecule has 1 aliphatic heterocycles. The molecule has 1 aliphatic rings. The lowest BCUT2D eigenvalue weighted by atomic mass is 10.0. The van der Waals surface area contributed by atoms with Gasteiger partial charge in [0.05, 0.1) is 10.3 Å². The van der Waals surface area contributed by atoms with Gasteiger partial charge in [0.1, 0.15) is 0 Å². The Morgan fingerprint density at radius 3 is 2.86 bits per heavy atom. The number of carbonyl (C=O) groups is 1. The summed E-state index contributed by atoms with van der Waals surface area (Å²) in [6.07, 6.45) is 3.85. The van der Waals surface area contributed by atoms with Crippen molar-refractivity contribution in [2.24, 2.45) is 0 Å². The molecular weight excluding hydrogens is 280 g/mol.